The summed E-state index contributed by atoms with van der Waals surface area (Å²) in [4.78, 5) is 26.3. The minimum absolute atomic E-state index is 0.0712. The van der Waals surface area contributed by atoms with Crippen molar-refractivity contribution in [2.75, 3.05) is 11.9 Å². The molecule has 0 unspecified atom stereocenters. The molecule has 76 valence electrons. The molecular formula is C7H8FN3O3. The van der Waals surface area contributed by atoms with E-state index in [0.29, 0.717) is 6.07 Å². The average Bonchev–Trinajstić information content (AvgIpc) is 2.01. The van der Waals surface area contributed by atoms with Gasteiger partial charge in [0.15, 0.2) is 0 Å². The Morgan fingerprint density at radius 1 is 1.71 bits per heavy atom. The number of halogens is 1. The van der Waals surface area contributed by atoms with Crippen LogP contribution in [0.3, 0.4) is 0 Å². The van der Waals surface area contributed by atoms with E-state index in [2.05, 4.69) is 15.3 Å². The lowest BCUT2D eigenvalue weighted by Gasteiger charge is -2.01. The molecule has 0 fully saturated rings. The molecule has 0 saturated carbocycles. The molecule has 3 N–H and O–H groups in total. The van der Waals surface area contributed by atoms with Crippen LogP contribution in [0.1, 0.15) is 6.42 Å². The number of rotatable bonds is 4. The van der Waals surface area contributed by atoms with Crippen molar-refractivity contribution in [1.82, 2.24) is 9.97 Å². The van der Waals surface area contributed by atoms with Crippen LogP contribution in [0.25, 0.3) is 0 Å². The molecule has 0 bridgehead atoms. The lowest BCUT2D eigenvalue weighted by molar-refractivity contribution is -0.136. The van der Waals surface area contributed by atoms with E-state index < -0.39 is 17.5 Å². The van der Waals surface area contributed by atoms with Gasteiger partial charge in [0.05, 0.1) is 12.5 Å². The molecule has 1 rings (SSSR count). The first-order valence-corrected chi connectivity index (χ1v) is 3.80. The molecule has 0 atom stereocenters. The second kappa shape index (κ2) is 4.35. The van der Waals surface area contributed by atoms with Crippen molar-refractivity contribution in [3.05, 3.63) is 22.4 Å². The maximum atomic E-state index is 12.5. The summed E-state index contributed by atoms with van der Waals surface area (Å²) in [6.07, 6.45) is -0.139. The smallest absolute Gasteiger partial charge is 0.305 e. The standard InChI is InChI=1S/C7H8FN3O3/c8-4-3-5(12)11-7(10-4)9-2-1-6(13)14/h3H,1-2H2,(H,13,14)(H2,9,10,11,12). The van der Waals surface area contributed by atoms with Crippen LogP contribution in [-0.2, 0) is 4.79 Å². The topological polar surface area (TPSA) is 95.1 Å². The van der Waals surface area contributed by atoms with E-state index in [4.69, 9.17) is 5.11 Å². The predicted molar refractivity (Wildman–Crippen MR) is 45.6 cm³/mol. The first-order chi connectivity index (χ1) is 6.58. The Morgan fingerprint density at radius 2 is 2.43 bits per heavy atom. The van der Waals surface area contributed by atoms with Gasteiger partial charge in [0.2, 0.25) is 11.9 Å². The van der Waals surface area contributed by atoms with Gasteiger partial charge in [0, 0.05) is 6.54 Å². The average molecular weight is 201 g/mol. The number of hydrogen-bond acceptors (Lipinski definition) is 4. The van der Waals surface area contributed by atoms with Crippen molar-refractivity contribution in [1.29, 1.82) is 0 Å². The fourth-order valence-corrected chi connectivity index (χ4v) is 0.800. The Balaban J connectivity index is 2.59. The van der Waals surface area contributed by atoms with Gasteiger partial charge in [-0.25, -0.2) is 0 Å². The number of anilines is 1. The van der Waals surface area contributed by atoms with E-state index in [1.807, 2.05) is 0 Å². The highest BCUT2D eigenvalue weighted by molar-refractivity contribution is 5.67. The number of nitrogens with zero attached hydrogens (tertiary/aromatic N) is 1. The molecule has 0 spiro atoms. The number of aromatic amines is 1. The summed E-state index contributed by atoms with van der Waals surface area (Å²) in [5, 5.41) is 10.8. The minimum Gasteiger partial charge on any atom is -0.481 e. The van der Waals surface area contributed by atoms with Gasteiger partial charge in [-0.1, -0.05) is 0 Å². The quantitative estimate of drug-likeness (QED) is 0.586. The normalized spacial score (nSPS) is 9.79. The van der Waals surface area contributed by atoms with Gasteiger partial charge in [0.25, 0.3) is 5.56 Å². The summed E-state index contributed by atoms with van der Waals surface area (Å²) < 4.78 is 12.5. The summed E-state index contributed by atoms with van der Waals surface area (Å²) in [5.74, 6) is -1.97. The first kappa shape index (κ1) is 10.2. The van der Waals surface area contributed by atoms with Crippen molar-refractivity contribution in [3.8, 4) is 0 Å². The van der Waals surface area contributed by atoms with Gasteiger partial charge in [-0.05, 0) is 0 Å². The first-order valence-electron chi connectivity index (χ1n) is 3.80. The van der Waals surface area contributed by atoms with E-state index in [0.717, 1.165) is 0 Å². The maximum absolute atomic E-state index is 12.5. The summed E-state index contributed by atoms with van der Waals surface area (Å²) in [6, 6.07) is 0.697. The SMILES string of the molecule is O=C(O)CCNc1nc(F)cc(=O)[nH]1. The lowest BCUT2D eigenvalue weighted by Crippen LogP contribution is -2.15. The van der Waals surface area contributed by atoms with Crippen LogP contribution in [0.4, 0.5) is 10.3 Å². The number of H-pyrrole nitrogens is 1. The third kappa shape index (κ3) is 3.21. The zero-order valence-corrected chi connectivity index (χ0v) is 7.08. The van der Waals surface area contributed by atoms with Gasteiger partial charge >= 0.3 is 5.97 Å². The summed E-state index contributed by atoms with van der Waals surface area (Å²) in [6.45, 7) is 0.0712. The van der Waals surface area contributed by atoms with Crippen LogP contribution >= 0.6 is 0 Å². The van der Waals surface area contributed by atoms with Gasteiger partial charge < -0.3 is 10.4 Å². The molecule has 0 amide bonds. The van der Waals surface area contributed by atoms with Crippen molar-refractivity contribution in [3.63, 3.8) is 0 Å². The molecule has 0 aromatic carbocycles. The zero-order chi connectivity index (χ0) is 10.6. The van der Waals surface area contributed by atoms with Crippen LogP contribution in [0.5, 0.6) is 0 Å². The minimum atomic E-state index is -0.990. The van der Waals surface area contributed by atoms with Crippen LogP contribution in [0, 0.1) is 5.95 Å². The van der Waals surface area contributed by atoms with E-state index in [1.54, 1.807) is 0 Å². The second-order valence-electron chi connectivity index (χ2n) is 2.49. The largest absolute Gasteiger partial charge is 0.481 e. The second-order valence-corrected chi connectivity index (χ2v) is 2.49. The number of carboxylic acids is 1. The highest BCUT2D eigenvalue weighted by Gasteiger charge is 2.00. The molecule has 6 nitrogen and oxygen atoms in total. The van der Waals surface area contributed by atoms with Crippen molar-refractivity contribution in [2.45, 2.75) is 6.42 Å². The Kier molecular flexibility index (Phi) is 3.16. The van der Waals surface area contributed by atoms with Crippen molar-refractivity contribution in [2.24, 2.45) is 0 Å². The summed E-state index contributed by atoms with van der Waals surface area (Å²) in [7, 11) is 0. The van der Waals surface area contributed by atoms with Gasteiger partial charge in [-0.15, -0.1) is 0 Å². The Bertz CT molecular complexity index is 390. The maximum Gasteiger partial charge on any atom is 0.305 e. The van der Waals surface area contributed by atoms with Gasteiger partial charge in [-0.2, -0.15) is 9.37 Å². The van der Waals surface area contributed by atoms with Gasteiger partial charge in [-0.3, -0.25) is 14.6 Å². The molecule has 1 aromatic rings. The Morgan fingerprint density at radius 3 is 3.00 bits per heavy atom. The third-order valence-electron chi connectivity index (χ3n) is 1.34. The monoisotopic (exact) mass is 201 g/mol. The van der Waals surface area contributed by atoms with Crippen molar-refractivity contribution >= 4 is 11.9 Å². The highest BCUT2D eigenvalue weighted by atomic mass is 19.1. The number of aromatic nitrogens is 2. The van der Waals surface area contributed by atoms with E-state index in [-0.39, 0.29) is 18.9 Å². The molecular weight excluding hydrogens is 193 g/mol. The Labute approximate surface area is 77.8 Å². The zero-order valence-electron chi connectivity index (χ0n) is 7.08. The number of nitrogens with one attached hydrogen (secondary N) is 2. The molecule has 0 radical (unpaired) electrons. The number of carbonyl (C=O) groups is 1. The van der Waals surface area contributed by atoms with Crippen molar-refractivity contribution < 1.29 is 14.3 Å². The Hall–Kier alpha value is -1.92. The van der Waals surface area contributed by atoms with E-state index >= 15 is 0 Å². The summed E-state index contributed by atoms with van der Waals surface area (Å²) >= 11 is 0. The number of aliphatic carboxylic acids is 1. The van der Waals surface area contributed by atoms with Crippen LogP contribution in [0.2, 0.25) is 0 Å². The van der Waals surface area contributed by atoms with E-state index in [1.165, 1.54) is 0 Å². The molecule has 1 aromatic heterocycles. The molecule has 7 heteroatoms. The third-order valence-corrected chi connectivity index (χ3v) is 1.34. The highest BCUT2D eigenvalue weighted by Crippen LogP contribution is 1.95. The molecule has 0 aliphatic carbocycles. The number of hydrogen-bond donors (Lipinski definition) is 3. The van der Waals surface area contributed by atoms with Gasteiger partial charge in [0.1, 0.15) is 0 Å². The molecule has 0 aliphatic rings. The van der Waals surface area contributed by atoms with Crippen LogP contribution in [0.15, 0.2) is 10.9 Å². The van der Waals surface area contributed by atoms with E-state index in [9.17, 15) is 14.0 Å². The molecule has 0 saturated heterocycles. The fraction of sp³-hybridized carbons (Fsp3) is 0.286. The lowest BCUT2D eigenvalue weighted by atomic mass is 10.4. The predicted octanol–water partition coefficient (Wildman–Crippen LogP) is -0.204. The van der Waals surface area contributed by atoms with Crippen LogP contribution in [-0.4, -0.2) is 27.6 Å². The molecule has 14 heavy (non-hydrogen) atoms. The fourth-order valence-electron chi connectivity index (χ4n) is 0.800. The summed E-state index contributed by atoms with van der Waals surface area (Å²) in [5.41, 5.74) is -0.629. The van der Waals surface area contributed by atoms with Crippen LogP contribution < -0.4 is 10.9 Å². The molecule has 0 aliphatic heterocycles. The number of carboxylic acid groups (broad SMARTS) is 1. The molecule has 1 heterocycles.